The summed E-state index contributed by atoms with van der Waals surface area (Å²) in [7, 11) is 0. The zero-order chi connectivity index (χ0) is 29.4. The quantitative estimate of drug-likeness (QED) is 0.416. The number of rotatable bonds is 10. The van der Waals surface area contributed by atoms with Crippen molar-refractivity contribution in [2.24, 2.45) is 5.92 Å². The maximum Gasteiger partial charge on any atom is 0.232 e. The summed E-state index contributed by atoms with van der Waals surface area (Å²) < 4.78 is 0. The molecule has 0 saturated carbocycles. The van der Waals surface area contributed by atoms with Gasteiger partial charge in [-0.2, -0.15) is 15.0 Å². The first-order chi connectivity index (χ1) is 19.8. The minimum atomic E-state index is 0.209. The van der Waals surface area contributed by atoms with Gasteiger partial charge in [-0.1, -0.05) is 27.7 Å². The van der Waals surface area contributed by atoms with Crippen LogP contribution in [0.3, 0.4) is 0 Å². The fourth-order valence-electron chi connectivity index (χ4n) is 5.55. The van der Waals surface area contributed by atoms with Gasteiger partial charge < -0.3 is 29.4 Å². The van der Waals surface area contributed by atoms with E-state index in [1.54, 1.807) is 0 Å². The monoisotopic (exact) mass is 571 g/mol. The van der Waals surface area contributed by atoms with Gasteiger partial charge in [0.15, 0.2) is 0 Å². The zero-order valence-corrected chi connectivity index (χ0v) is 25.6. The molecule has 0 unspecified atom stereocenters. The van der Waals surface area contributed by atoms with Crippen LogP contribution in [-0.2, 0) is 14.4 Å². The smallest absolute Gasteiger partial charge is 0.232 e. The van der Waals surface area contributed by atoms with Crippen LogP contribution in [0.25, 0.3) is 0 Å². The highest BCUT2D eigenvalue weighted by atomic mass is 16.2. The highest BCUT2D eigenvalue weighted by molar-refractivity contribution is 5.77. The molecule has 3 saturated heterocycles. The first-order valence-electron chi connectivity index (χ1n) is 15.6. The van der Waals surface area contributed by atoms with Gasteiger partial charge in [-0.3, -0.25) is 14.4 Å². The van der Waals surface area contributed by atoms with Gasteiger partial charge in [-0.25, -0.2) is 0 Å². The molecule has 0 radical (unpaired) electrons. The molecule has 0 atom stereocenters. The van der Waals surface area contributed by atoms with Crippen molar-refractivity contribution in [1.82, 2.24) is 29.7 Å². The molecule has 1 aromatic rings. The Morgan fingerprint density at radius 2 is 0.829 bits per heavy atom. The minimum absolute atomic E-state index is 0.209. The van der Waals surface area contributed by atoms with E-state index in [0.29, 0.717) is 122 Å². The number of aromatic nitrogens is 3. The topological polar surface area (TPSA) is 109 Å². The van der Waals surface area contributed by atoms with Crippen molar-refractivity contribution in [2.45, 2.75) is 66.2 Å². The first kappa shape index (κ1) is 30.8. The van der Waals surface area contributed by atoms with Crippen LogP contribution in [0, 0.1) is 5.92 Å². The summed E-state index contributed by atoms with van der Waals surface area (Å²) in [4.78, 5) is 64.6. The molecule has 3 amide bonds. The number of carbonyl (C=O) groups excluding carboxylic acids is 3. The summed E-state index contributed by atoms with van der Waals surface area (Å²) in [6.45, 7) is 16.4. The highest BCUT2D eigenvalue weighted by Gasteiger charge is 2.29. The van der Waals surface area contributed by atoms with Crippen LogP contribution in [0.4, 0.5) is 17.8 Å². The van der Waals surface area contributed by atoms with Gasteiger partial charge in [0, 0.05) is 97.8 Å². The van der Waals surface area contributed by atoms with Crippen LogP contribution in [0.1, 0.15) is 66.2 Å². The van der Waals surface area contributed by atoms with Crippen LogP contribution >= 0.6 is 0 Å². The van der Waals surface area contributed by atoms with Gasteiger partial charge in [-0.15, -0.1) is 0 Å². The molecular weight excluding hydrogens is 522 g/mol. The fourth-order valence-corrected chi connectivity index (χ4v) is 5.55. The number of hydrogen-bond acceptors (Lipinski definition) is 9. The van der Waals surface area contributed by atoms with Crippen molar-refractivity contribution in [1.29, 1.82) is 0 Å². The van der Waals surface area contributed by atoms with Gasteiger partial charge >= 0.3 is 0 Å². The number of anilines is 3. The Morgan fingerprint density at radius 1 is 0.537 bits per heavy atom. The second kappa shape index (κ2) is 14.6. The predicted octanol–water partition coefficient (Wildman–Crippen LogP) is 1.85. The van der Waals surface area contributed by atoms with E-state index in [1.165, 1.54) is 0 Å². The Bertz CT molecular complexity index is 972. The molecule has 0 bridgehead atoms. The van der Waals surface area contributed by atoms with E-state index in [0.717, 1.165) is 19.3 Å². The van der Waals surface area contributed by atoms with Gasteiger partial charge in [0.25, 0.3) is 0 Å². The normalized spacial score (nSPS) is 18.4. The third kappa shape index (κ3) is 8.19. The van der Waals surface area contributed by atoms with Crippen LogP contribution in [-0.4, -0.2) is 126 Å². The summed E-state index contributed by atoms with van der Waals surface area (Å²) in [5.41, 5.74) is 0. The van der Waals surface area contributed by atoms with Crippen LogP contribution in [0.5, 0.6) is 0 Å². The third-order valence-corrected chi connectivity index (χ3v) is 8.21. The average molecular weight is 572 g/mol. The van der Waals surface area contributed by atoms with E-state index < -0.39 is 0 Å². The number of hydrogen-bond donors (Lipinski definition) is 0. The molecule has 3 aliphatic rings. The Labute approximate surface area is 245 Å². The van der Waals surface area contributed by atoms with Crippen molar-refractivity contribution in [3.05, 3.63) is 0 Å². The summed E-state index contributed by atoms with van der Waals surface area (Å²) in [6.07, 6.45) is 4.38. The molecular formula is C29H49N9O3. The second-order valence-corrected chi connectivity index (χ2v) is 11.8. The highest BCUT2D eigenvalue weighted by Crippen LogP contribution is 2.23. The lowest BCUT2D eigenvalue weighted by atomic mass is 10.1. The Morgan fingerprint density at radius 3 is 1.10 bits per heavy atom. The van der Waals surface area contributed by atoms with E-state index in [4.69, 9.17) is 15.0 Å². The molecule has 4 heterocycles. The molecule has 3 fully saturated rings. The van der Waals surface area contributed by atoms with Crippen LogP contribution < -0.4 is 14.7 Å². The minimum Gasteiger partial charge on any atom is -0.339 e. The molecule has 0 aromatic carbocycles. The maximum atomic E-state index is 12.7. The van der Waals surface area contributed by atoms with Gasteiger partial charge in [-0.05, 0) is 25.2 Å². The molecule has 12 nitrogen and oxygen atoms in total. The molecule has 4 rings (SSSR count). The van der Waals surface area contributed by atoms with E-state index in [2.05, 4.69) is 28.5 Å². The molecule has 12 heteroatoms. The first-order valence-corrected chi connectivity index (χ1v) is 15.6. The lowest BCUT2D eigenvalue weighted by Gasteiger charge is -2.38. The summed E-state index contributed by atoms with van der Waals surface area (Å²) in [5.74, 6) is 3.05. The van der Waals surface area contributed by atoms with E-state index in [-0.39, 0.29) is 17.7 Å². The van der Waals surface area contributed by atoms with E-state index in [9.17, 15) is 14.4 Å². The largest absolute Gasteiger partial charge is 0.339 e. The molecule has 0 N–H and O–H groups in total. The van der Waals surface area contributed by atoms with Gasteiger partial charge in [0.1, 0.15) is 0 Å². The van der Waals surface area contributed by atoms with E-state index >= 15 is 0 Å². The second-order valence-electron chi connectivity index (χ2n) is 11.8. The fraction of sp³-hybridized carbons (Fsp3) is 0.793. The van der Waals surface area contributed by atoms with Crippen molar-refractivity contribution in [2.75, 3.05) is 93.2 Å². The Balaban J connectivity index is 1.47. The summed E-state index contributed by atoms with van der Waals surface area (Å²) in [6, 6.07) is 0. The third-order valence-electron chi connectivity index (χ3n) is 8.21. The standard InChI is InChI=1S/C29H49N9O3/c1-5-7-24(39)33-11-17-36(18-12-33)27-30-28(37-19-13-34(14-20-37)25(40)8-6-2)32-29(31-27)38-21-15-35(16-22-38)26(41)10-9-23(3)4/h23H,5-22H2,1-4H3. The molecule has 3 aliphatic heterocycles. The summed E-state index contributed by atoms with van der Waals surface area (Å²) >= 11 is 0. The molecule has 41 heavy (non-hydrogen) atoms. The van der Waals surface area contributed by atoms with Crippen LogP contribution in [0.15, 0.2) is 0 Å². The Hall–Kier alpha value is -3.18. The zero-order valence-electron chi connectivity index (χ0n) is 25.6. The number of amides is 3. The maximum absolute atomic E-state index is 12.7. The predicted molar refractivity (Wildman–Crippen MR) is 160 cm³/mol. The number of nitrogens with zero attached hydrogens (tertiary/aromatic N) is 9. The lowest BCUT2D eigenvalue weighted by Crippen LogP contribution is -2.51. The van der Waals surface area contributed by atoms with E-state index in [1.807, 2.05) is 28.5 Å². The van der Waals surface area contributed by atoms with Crippen molar-refractivity contribution in [3.63, 3.8) is 0 Å². The molecule has 1 aromatic heterocycles. The van der Waals surface area contributed by atoms with Crippen molar-refractivity contribution >= 4 is 35.6 Å². The molecule has 0 spiro atoms. The SMILES string of the molecule is CCCC(=O)N1CCN(c2nc(N3CCN(C(=O)CCC)CC3)nc(N3CCN(C(=O)CCC(C)C)CC3)n2)CC1. The average Bonchev–Trinajstić information content (AvgIpc) is 3.00. The van der Waals surface area contributed by atoms with Gasteiger partial charge in [0.05, 0.1) is 0 Å². The lowest BCUT2D eigenvalue weighted by molar-refractivity contribution is -0.132. The molecule has 228 valence electrons. The molecule has 0 aliphatic carbocycles. The van der Waals surface area contributed by atoms with Crippen molar-refractivity contribution < 1.29 is 14.4 Å². The van der Waals surface area contributed by atoms with Crippen LogP contribution in [0.2, 0.25) is 0 Å². The number of carbonyl (C=O) groups is 3. The summed E-state index contributed by atoms with van der Waals surface area (Å²) in [5, 5.41) is 0. The van der Waals surface area contributed by atoms with Gasteiger partial charge in [0.2, 0.25) is 35.6 Å². The van der Waals surface area contributed by atoms with Crippen molar-refractivity contribution in [3.8, 4) is 0 Å². The number of piperazine rings is 3. The Kier molecular flexibility index (Phi) is 11.0.